The van der Waals surface area contributed by atoms with Gasteiger partial charge in [0.25, 0.3) is 0 Å². The summed E-state index contributed by atoms with van der Waals surface area (Å²) in [7, 11) is 0. The van der Waals surface area contributed by atoms with E-state index < -0.39 is 12.1 Å². The second-order valence-corrected chi connectivity index (χ2v) is 8.11. The number of carbonyl (C=O) groups excluding carboxylic acids is 1. The lowest BCUT2D eigenvalue weighted by Gasteiger charge is -2.07. The maximum atomic E-state index is 12.1. The van der Waals surface area contributed by atoms with Gasteiger partial charge in [0.05, 0.1) is 13.0 Å². The van der Waals surface area contributed by atoms with Crippen LogP contribution in [0.3, 0.4) is 0 Å². The van der Waals surface area contributed by atoms with Gasteiger partial charge in [-0.05, 0) is 23.3 Å². The van der Waals surface area contributed by atoms with Crippen molar-refractivity contribution >= 4 is 29.2 Å². The first-order valence-corrected chi connectivity index (χ1v) is 10.7. The Balaban J connectivity index is 1.38. The molecule has 162 valence electrons. The Kier molecular flexibility index (Phi) is 6.62. The van der Waals surface area contributed by atoms with Crippen LogP contribution in [-0.2, 0) is 22.4 Å². The second-order valence-electron chi connectivity index (χ2n) is 6.94. The summed E-state index contributed by atoms with van der Waals surface area (Å²) in [6, 6.07) is 21.0. The van der Waals surface area contributed by atoms with Crippen molar-refractivity contribution in [1.29, 1.82) is 0 Å². The number of oxazole rings is 1. The Bertz CT molecular complexity index is 1200. The van der Waals surface area contributed by atoms with Crippen molar-refractivity contribution in [3.05, 3.63) is 83.6 Å². The van der Waals surface area contributed by atoms with Gasteiger partial charge < -0.3 is 14.3 Å². The molecule has 1 amide bonds. The molecule has 8 heteroatoms. The minimum atomic E-state index is -0.849. The minimum Gasteiger partial charge on any atom is -0.481 e. The molecule has 0 saturated carbocycles. The van der Waals surface area contributed by atoms with Gasteiger partial charge in [0.2, 0.25) is 0 Å². The number of aromatic nitrogens is 1. The lowest BCUT2D eigenvalue weighted by Crippen LogP contribution is -2.16. The number of nitrogens with one attached hydrogen (secondary N) is 1. The summed E-state index contributed by atoms with van der Waals surface area (Å²) in [6.07, 6.45) is 1.30. The van der Waals surface area contributed by atoms with Crippen molar-refractivity contribution in [2.24, 2.45) is 0 Å². The summed E-state index contributed by atoms with van der Waals surface area (Å²) < 4.78 is 10.7. The molecule has 32 heavy (non-hydrogen) atoms. The van der Waals surface area contributed by atoms with Gasteiger partial charge in [-0.3, -0.25) is 10.1 Å². The highest BCUT2D eigenvalue weighted by molar-refractivity contribution is 7.15. The number of carbonyl (C=O) groups is 2. The van der Waals surface area contributed by atoms with E-state index in [9.17, 15) is 9.59 Å². The number of rotatable bonds is 8. The summed E-state index contributed by atoms with van der Waals surface area (Å²) in [6.45, 7) is 0.252. The second kappa shape index (κ2) is 9.93. The van der Waals surface area contributed by atoms with E-state index in [4.69, 9.17) is 14.3 Å². The quantitative estimate of drug-likeness (QED) is 0.370. The molecule has 0 atom stereocenters. The van der Waals surface area contributed by atoms with Crippen molar-refractivity contribution < 1.29 is 23.8 Å². The molecule has 2 N–H and O–H groups in total. The number of amides is 1. The van der Waals surface area contributed by atoms with Crippen molar-refractivity contribution in [3.8, 4) is 21.8 Å². The number of hydrogen-bond acceptors (Lipinski definition) is 6. The number of carboxylic acid groups (broad SMARTS) is 1. The molecular formula is C24H20N2O5S. The predicted octanol–water partition coefficient (Wildman–Crippen LogP) is 5.49. The lowest BCUT2D eigenvalue weighted by atomic mass is 10.1. The van der Waals surface area contributed by atoms with Gasteiger partial charge in [0.15, 0.2) is 18.0 Å². The summed E-state index contributed by atoms with van der Waals surface area (Å²) in [4.78, 5) is 28.9. The molecule has 0 aliphatic heterocycles. The molecule has 0 radical (unpaired) electrons. The number of nitrogens with zero attached hydrogens (tertiary/aromatic N) is 1. The van der Waals surface area contributed by atoms with E-state index >= 15 is 0 Å². The Morgan fingerprint density at radius 1 is 1.00 bits per heavy atom. The lowest BCUT2D eigenvalue weighted by molar-refractivity contribution is -0.136. The molecule has 4 rings (SSSR count). The molecule has 2 aromatic carbocycles. The Labute approximate surface area is 188 Å². The van der Waals surface area contributed by atoms with Gasteiger partial charge >= 0.3 is 12.1 Å². The molecule has 0 aliphatic carbocycles. The van der Waals surface area contributed by atoms with Crippen LogP contribution in [0.1, 0.15) is 10.4 Å². The fourth-order valence-corrected chi connectivity index (χ4v) is 4.15. The number of thiophene rings is 1. The predicted molar refractivity (Wildman–Crippen MR) is 122 cm³/mol. The van der Waals surface area contributed by atoms with Crippen LogP contribution in [0, 0.1) is 0 Å². The van der Waals surface area contributed by atoms with Gasteiger partial charge in [0, 0.05) is 21.7 Å². The third-order valence-corrected chi connectivity index (χ3v) is 5.81. The smallest absolute Gasteiger partial charge is 0.412 e. The Hall–Kier alpha value is -3.91. The standard InChI is InChI=1S/C24H20N2O5S/c27-21(28)14-19-10-11-20(32-19)17-6-8-18(9-7-17)22-23(25-15-31-22)26-24(29)30-13-12-16-4-2-1-3-5-16/h1-11,15H,12-14H2,(H,26,29)(H,27,28). The van der Waals surface area contributed by atoms with E-state index in [1.807, 2.05) is 66.7 Å². The number of hydrogen-bond donors (Lipinski definition) is 2. The number of anilines is 1. The zero-order valence-electron chi connectivity index (χ0n) is 17.0. The maximum Gasteiger partial charge on any atom is 0.412 e. The molecule has 0 saturated heterocycles. The maximum absolute atomic E-state index is 12.1. The first-order valence-electron chi connectivity index (χ1n) is 9.91. The highest BCUT2D eigenvalue weighted by atomic mass is 32.1. The van der Waals surface area contributed by atoms with Crippen molar-refractivity contribution in [2.45, 2.75) is 12.8 Å². The molecule has 0 unspecified atom stereocenters. The molecule has 2 heterocycles. The zero-order chi connectivity index (χ0) is 22.3. The van der Waals surface area contributed by atoms with Gasteiger partial charge in [-0.2, -0.15) is 4.98 Å². The van der Waals surface area contributed by atoms with E-state index in [-0.39, 0.29) is 18.8 Å². The van der Waals surface area contributed by atoms with E-state index in [1.165, 1.54) is 17.7 Å². The first-order chi connectivity index (χ1) is 15.6. The van der Waals surface area contributed by atoms with Crippen molar-refractivity contribution in [2.75, 3.05) is 11.9 Å². The van der Waals surface area contributed by atoms with Gasteiger partial charge in [0.1, 0.15) is 0 Å². The Morgan fingerprint density at radius 2 is 1.75 bits per heavy atom. The highest BCUT2D eigenvalue weighted by Gasteiger charge is 2.15. The Morgan fingerprint density at radius 3 is 2.50 bits per heavy atom. The number of aliphatic carboxylic acids is 1. The molecule has 0 fully saturated rings. The van der Waals surface area contributed by atoms with Crippen molar-refractivity contribution in [3.63, 3.8) is 0 Å². The largest absolute Gasteiger partial charge is 0.481 e. The summed E-state index contributed by atoms with van der Waals surface area (Å²) in [5.41, 5.74) is 2.79. The average Bonchev–Trinajstić information content (AvgIpc) is 3.44. The average molecular weight is 449 g/mol. The SMILES string of the molecule is O=C(O)Cc1ccc(-c2ccc(-c3ocnc3NC(=O)OCCc3ccccc3)cc2)s1. The van der Waals surface area contributed by atoms with E-state index in [0.717, 1.165) is 26.4 Å². The summed E-state index contributed by atoms with van der Waals surface area (Å²) in [5.74, 6) is -0.144. The molecule has 2 aromatic heterocycles. The van der Waals surface area contributed by atoms with Gasteiger partial charge in [-0.15, -0.1) is 11.3 Å². The minimum absolute atomic E-state index is 0.0112. The molecule has 0 aliphatic rings. The van der Waals surface area contributed by atoms with Crippen LogP contribution in [0.4, 0.5) is 10.6 Å². The number of benzene rings is 2. The molecular weight excluding hydrogens is 428 g/mol. The molecule has 4 aromatic rings. The van der Waals surface area contributed by atoms with Crippen LogP contribution in [-0.4, -0.2) is 28.8 Å². The van der Waals surface area contributed by atoms with E-state index in [2.05, 4.69) is 10.3 Å². The fourth-order valence-electron chi connectivity index (χ4n) is 3.14. The van der Waals surface area contributed by atoms with E-state index in [0.29, 0.717) is 12.2 Å². The van der Waals surface area contributed by atoms with Gasteiger partial charge in [-0.1, -0.05) is 54.6 Å². The summed E-state index contributed by atoms with van der Waals surface area (Å²) in [5, 5.41) is 11.6. The van der Waals surface area contributed by atoms with Gasteiger partial charge in [-0.25, -0.2) is 4.79 Å². The van der Waals surface area contributed by atoms with Crippen LogP contribution in [0.15, 0.2) is 77.5 Å². The van der Waals surface area contributed by atoms with Crippen LogP contribution in [0.2, 0.25) is 0 Å². The molecule has 0 bridgehead atoms. The number of carboxylic acids is 1. The fraction of sp³-hybridized carbons (Fsp3) is 0.125. The van der Waals surface area contributed by atoms with Crippen LogP contribution in [0.5, 0.6) is 0 Å². The third-order valence-electron chi connectivity index (χ3n) is 4.67. The molecule has 0 spiro atoms. The zero-order valence-corrected chi connectivity index (χ0v) is 17.8. The van der Waals surface area contributed by atoms with Crippen LogP contribution >= 0.6 is 11.3 Å². The van der Waals surface area contributed by atoms with Crippen molar-refractivity contribution in [1.82, 2.24) is 4.98 Å². The summed E-state index contributed by atoms with van der Waals surface area (Å²) >= 11 is 1.44. The number of ether oxygens (including phenoxy) is 1. The topological polar surface area (TPSA) is 102 Å². The monoisotopic (exact) mass is 448 g/mol. The third kappa shape index (κ3) is 5.41. The van der Waals surface area contributed by atoms with Crippen LogP contribution < -0.4 is 5.32 Å². The molecule has 7 nitrogen and oxygen atoms in total. The first kappa shape index (κ1) is 21.3. The van der Waals surface area contributed by atoms with E-state index in [1.54, 1.807) is 0 Å². The van der Waals surface area contributed by atoms with Crippen LogP contribution in [0.25, 0.3) is 21.8 Å². The normalized spacial score (nSPS) is 10.6. The highest BCUT2D eigenvalue weighted by Crippen LogP contribution is 2.32.